The first kappa shape index (κ1) is 16.4. The van der Waals surface area contributed by atoms with Crippen LogP contribution in [0.25, 0.3) is 0 Å². The van der Waals surface area contributed by atoms with Gasteiger partial charge in [0.15, 0.2) is 0 Å². The summed E-state index contributed by atoms with van der Waals surface area (Å²) >= 11 is 0. The van der Waals surface area contributed by atoms with Gasteiger partial charge in [-0.25, -0.2) is 0 Å². The topological polar surface area (TPSA) is 75.3 Å². The second-order valence-corrected chi connectivity index (χ2v) is 4.94. The summed E-state index contributed by atoms with van der Waals surface area (Å²) in [6.45, 7) is 6.07. The number of carbonyl (C=O) groups is 1. The normalized spacial score (nSPS) is 16.3. The van der Waals surface area contributed by atoms with Gasteiger partial charge in [-0.3, -0.25) is 4.79 Å². The zero-order chi connectivity index (χ0) is 13.3. The van der Waals surface area contributed by atoms with Crippen LogP contribution in [0.3, 0.4) is 0 Å². The minimum Gasteiger partial charge on any atom is -0.396 e. The molecule has 17 heavy (non-hydrogen) atoms. The molecule has 4 nitrogen and oxygen atoms in total. The van der Waals surface area contributed by atoms with E-state index in [-0.39, 0.29) is 30.5 Å². The van der Waals surface area contributed by atoms with E-state index < -0.39 is 0 Å². The summed E-state index contributed by atoms with van der Waals surface area (Å²) in [5.74, 6) is 0.122. The van der Waals surface area contributed by atoms with Crippen LogP contribution in [-0.4, -0.2) is 29.7 Å². The van der Waals surface area contributed by atoms with E-state index in [0.29, 0.717) is 6.42 Å². The molecule has 0 heterocycles. The van der Waals surface area contributed by atoms with E-state index in [1.54, 1.807) is 0 Å². The lowest BCUT2D eigenvalue weighted by Crippen LogP contribution is -2.38. The van der Waals surface area contributed by atoms with Crippen molar-refractivity contribution >= 4 is 5.91 Å². The number of amides is 1. The molecular weight excluding hydrogens is 216 g/mol. The molecule has 0 saturated heterocycles. The fourth-order valence-corrected chi connectivity index (χ4v) is 1.75. The molecule has 0 radical (unpaired) electrons. The van der Waals surface area contributed by atoms with Gasteiger partial charge in [0.25, 0.3) is 0 Å². The highest BCUT2D eigenvalue weighted by Crippen LogP contribution is 2.10. The Kier molecular flexibility index (Phi) is 9.09. The molecule has 102 valence electrons. The summed E-state index contributed by atoms with van der Waals surface area (Å²) in [6.07, 6.45) is 4.32. The van der Waals surface area contributed by atoms with E-state index in [9.17, 15) is 4.79 Å². The molecule has 0 fully saturated rings. The van der Waals surface area contributed by atoms with E-state index >= 15 is 0 Å². The summed E-state index contributed by atoms with van der Waals surface area (Å²) in [5.41, 5.74) is 5.67. The average Bonchev–Trinajstić information content (AvgIpc) is 2.27. The van der Waals surface area contributed by atoms with Crippen molar-refractivity contribution in [1.82, 2.24) is 5.32 Å². The number of nitrogens with one attached hydrogen (secondary N) is 1. The molecule has 4 heteroatoms. The van der Waals surface area contributed by atoms with Crippen LogP contribution in [0.5, 0.6) is 0 Å². The SMILES string of the molecule is CCC(CCO)NC(=O)C(C)CCCC(C)N. The van der Waals surface area contributed by atoms with Crippen molar-refractivity contribution in [2.75, 3.05) is 6.61 Å². The van der Waals surface area contributed by atoms with Gasteiger partial charge in [0, 0.05) is 24.6 Å². The van der Waals surface area contributed by atoms with Crippen LogP contribution in [-0.2, 0) is 4.79 Å². The molecule has 0 bridgehead atoms. The van der Waals surface area contributed by atoms with E-state index in [1.807, 2.05) is 20.8 Å². The van der Waals surface area contributed by atoms with Crippen molar-refractivity contribution in [2.24, 2.45) is 11.7 Å². The highest BCUT2D eigenvalue weighted by Gasteiger charge is 2.16. The summed E-state index contributed by atoms with van der Waals surface area (Å²) in [4.78, 5) is 11.8. The quantitative estimate of drug-likeness (QED) is 0.574. The van der Waals surface area contributed by atoms with E-state index in [2.05, 4.69) is 5.32 Å². The Hall–Kier alpha value is -0.610. The number of carbonyl (C=O) groups excluding carboxylic acids is 1. The van der Waals surface area contributed by atoms with Gasteiger partial charge in [-0.2, -0.15) is 0 Å². The Morgan fingerprint density at radius 3 is 2.41 bits per heavy atom. The van der Waals surface area contributed by atoms with Crippen molar-refractivity contribution in [3.8, 4) is 0 Å². The minimum absolute atomic E-state index is 0.0292. The predicted molar refractivity (Wildman–Crippen MR) is 70.6 cm³/mol. The Labute approximate surface area is 105 Å². The number of aliphatic hydroxyl groups is 1. The second-order valence-electron chi connectivity index (χ2n) is 4.94. The number of aliphatic hydroxyl groups excluding tert-OH is 1. The largest absolute Gasteiger partial charge is 0.396 e. The third-order valence-electron chi connectivity index (χ3n) is 3.06. The molecule has 0 aliphatic carbocycles. The molecule has 0 rings (SSSR count). The van der Waals surface area contributed by atoms with Crippen molar-refractivity contribution in [3.63, 3.8) is 0 Å². The number of hydrogen-bond acceptors (Lipinski definition) is 3. The van der Waals surface area contributed by atoms with Gasteiger partial charge in [-0.1, -0.05) is 20.3 Å². The summed E-state index contributed by atoms with van der Waals surface area (Å²) in [5, 5.41) is 11.8. The smallest absolute Gasteiger partial charge is 0.223 e. The summed E-state index contributed by atoms with van der Waals surface area (Å²) in [6, 6.07) is 0.312. The van der Waals surface area contributed by atoms with Crippen molar-refractivity contribution in [2.45, 2.75) is 65.0 Å². The van der Waals surface area contributed by atoms with E-state index in [0.717, 1.165) is 25.7 Å². The highest BCUT2D eigenvalue weighted by atomic mass is 16.3. The zero-order valence-electron chi connectivity index (χ0n) is 11.4. The van der Waals surface area contributed by atoms with Crippen LogP contribution in [0, 0.1) is 5.92 Å². The molecule has 0 spiro atoms. The van der Waals surface area contributed by atoms with Crippen LogP contribution in [0.15, 0.2) is 0 Å². The first-order valence-electron chi connectivity index (χ1n) is 6.68. The maximum atomic E-state index is 11.8. The standard InChI is InChI=1S/C13H28N2O2/c1-4-12(8-9-16)15-13(17)10(2)6-5-7-11(3)14/h10-12,16H,4-9,14H2,1-3H3,(H,15,17). The molecule has 0 aliphatic rings. The van der Waals surface area contributed by atoms with Crippen LogP contribution in [0.4, 0.5) is 0 Å². The van der Waals surface area contributed by atoms with Gasteiger partial charge < -0.3 is 16.2 Å². The lowest BCUT2D eigenvalue weighted by Gasteiger charge is -2.19. The average molecular weight is 244 g/mol. The number of nitrogens with two attached hydrogens (primary N) is 1. The Morgan fingerprint density at radius 1 is 1.29 bits per heavy atom. The Bertz CT molecular complexity index is 208. The second kappa shape index (κ2) is 9.42. The van der Waals surface area contributed by atoms with Gasteiger partial charge >= 0.3 is 0 Å². The number of hydrogen-bond donors (Lipinski definition) is 3. The zero-order valence-corrected chi connectivity index (χ0v) is 11.4. The molecular formula is C13H28N2O2. The van der Waals surface area contributed by atoms with Gasteiger partial charge in [0.05, 0.1) is 0 Å². The van der Waals surface area contributed by atoms with E-state index in [1.165, 1.54) is 0 Å². The summed E-state index contributed by atoms with van der Waals surface area (Å²) in [7, 11) is 0. The first-order valence-corrected chi connectivity index (χ1v) is 6.68. The lowest BCUT2D eigenvalue weighted by molar-refractivity contribution is -0.125. The predicted octanol–water partition coefficient (Wildman–Crippen LogP) is 1.42. The van der Waals surface area contributed by atoms with Gasteiger partial charge in [0.1, 0.15) is 0 Å². The highest BCUT2D eigenvalue weighted by molar-refractivity contribution is 5.78. The molecule has 4 N–H and O–H groups in total. The molecule has 0 saturated carbocycles. The lowest BCUT2D eigenvalue weighted by atomic mass is 10.0. The molecule has 0 aromatic heterocycles. The summed E-state index contributed by atoms with van der Waals surface area (Å²) < 4.78 is 0. The molecule has 0 aliphatic heterocycles. The third kappa shape index (κ3) is 8.16. The van der Waals surface area contributed by atoms with Crippen LogP contribution < -0.4 is 11.1 Å². The van der Waals surface area contributed by atoms with Crippen LogP contribution in [0.1, 0.15) is 52.9 Å². The minimum atomic E-state index is 0.0292. The van der Waals surface area contributed by atoms with Crippen LogP contribution in [0.2, 0.25) is 0 Å². The fourth-order valence-electron chi connectivity index (χ4n) is 1.75. The first-order chi connectivity index (χ1) is 8.01. The maximum Gasteiger partial charge on any atom is 0.223 e. The fraction of sp³-hybridized carbons (Fsp3) is 0.923. The monoisotopic (exact) mass is 244 g/mol. The molecule has 3 unspecified atom stereocenters. The molecule has 3 atom stereocenters. The van der Waals surface area contributed by atoms with Gasteiger partial charge in [-0.05, 0) is 32.6 Å². The molecule has 0 aromatic rings. The maximum absolute atomic E-state index is 11.8. The Morgan fingerprint density at radius 2 is 1.94 bits per heavy atom. The molecule has 0 aromatic carbocycles. The Balaban J connectivity index is 3.86. The van der Waals surface area contributed by atoms with Crippen molar-refractivity contribution in [1.29, 1.82) is 0 Å². The number of rotatable bonds is 9. The van der Waals surface area contributed by atoms with E-state index in [4.69, 9.17) is 10.8 Å². The van der Waals surface area contributed by atoms with Gasteiger partial charge in [0.2, 0.25) is 5.91 Å². The van der Waals surface area contributed by atoms with Crippen molar-refractivity contribution < 1.29 is 9.90 Å². The van der Waals surface area contributed by atoms with Gasteiger partial charge in [-0.15, -0.1) is 0 Å². The van der Waals surface area contributed by atoms with Crippen molar-refractivity contribution in [3.05, 3.63) is 0 Å². The molecule has 1 amide bonds. The van der Waals surface area contributed by atoms with Crippen LogP contribution >= 0.6 is 0 Å². The third-order valence-corrected chi connectivity index (χ3v) is 3.06.